The first kappa shape index (κ1) is 12.1. The molecule has 2 nitrogen and oxygen atoms in total. The molecule has 0 aliphatic carbocycles. The average Bonchev–Trinajstić information content (AvgIpc) is 2.76. The third-order valence-electron chi connectivity index (χ3n) is 2.57. The van der Waals surface area contributed by atoms with Gasteiger partial charge in [0.25, 0.3) is 0 Å². The molecule has 1 aromatic heterocycles. The van der Waals surface area contributed by atoms with Gasteiger partial charge in [-0.15, -0.1) is 11.3 Å². The van der Waals surface area contributed by atoms with Crippen LogP contribution in [0.25, 0.3) is 0 Å². The molecule has 1 atom stereocenters. The fourth-order valence-corrected chi connectivity index (χ4v) is 2.44. The van der Waals surface area contributed by atoms with Crippen molar-refractivity contribution < 1.29 is 9.84 Å². The van der Waals surface area contributed by atoms with Crippen LogP contribution < -0.4 is 4.74 Å². The van der Waals surface area contributed by atoms with Crippen LogP contribution in [0.5, 0.6) is 5.75 Å². The highest BCUT2D eigenvalue weighted by atomic mass is 32.1. The quantitative estimate of drug-likeness (QED) is 0.896. The zero-order valence-electron chi connectivity index (χ0n) is 10.0. The summed E-state index contributed by atoms with van der Waals surface area (Å²) in [5.41, 5.74) is 1.85. The van der Waals surface area contributed by atoms with Crippen molar-refractivity contribution in [1.29, 1.82) is 0 Å². The molecule has 0 amide bonds. The van der Waals surface area contributed by atoms with Crippen molar-refractivity contribution in [1.82, 2.24) is 0 Å². The Hall–Kier alpha value is -1.32. The van der Waals surface area contributed by atoms with E-state index in [-0.39, 0.29) is 0 Å². The van der Waals surface area contributed by atoms with Crippen molar-refractivity contribution in [3.05, 3.63) is 51.7 Å². The molecule has 1 N–H and O–H groups in total. The number of hydrogen-bond donors (Lipinski definition) is 1. The zero-order valence-corrected chi connectivity index (χ0v) is 10.8. The number of aliphatic hydroxyl groups excluding tert-OH is 1. The van der Waals surface area contributed by atoms with E-state index >= 15 is 0 Å². The third-order valence-corrected chi connectivity index (χ3v) is 3.45. The Morgan fingerprint density at radius 3 is 2.47 bits per heavy atom. The van der Waals surface area contributed by atoms with Gasteiger partial charge < -0.3 is 9.84 Å². The monoisotopic (exact) mass is 248 g/mol. The highest BCUT2D eigenvalue weighted by molar-refractivity contribution is 7.10. The minimum atomic E-state index is -0.546. The molecule has 1 aromatic carbocycles. The highest BCUT2D eigenvalue weighted by Crippen LogP contribution is 2.27. The van der Waals surface area contributed by atoms with E-state index in [2.05, 4.69) is 0 Å². The standard InChI is InChI=1S/C14H16O2S/c1-3-16-13-6-4-11(5-7-13)14(15)12-8-10(2)17-9-12/h4-9,14-15H,3H2,1-2H3. The Labute approximate surface area is 105 Å². The molecule has 0 spiro atoms. The fourth-order valence-electron chi connectivity index (χ4n) is 1.71. The molecule has 0 aliphatic heterocycles. The second-order valence-corrected chi connectivity index (χ2v) is 5.01. The lowest BCUT2D eigenvalue weighted by molar-refractivity contribution is 0.220. The summed E-state index contributed by atoms with van der Waals surface area (Å²) in [5, 5.41) is 12.2. The second kappa shape index (κ2) is 5.34. The SMILES string of the molecule is CCOc1ccc(C(O)c2csc(C)c2)cc1. The molecule has 1 unspecified atom stereocenters. The number of ether oxygens (including phenoxy) is 1. The predicted molar refractivity (Wildman–Crippen MR) is 70.7 cm³/mol. The number of hydrogen-bond acceptors (Lipinski definition) is 3. The van der Waals surface area contributed by atoms with Crippen molar-refractivity contribution in [3.8, 4) is 5.75 Å². The van der Waals surface area contributed by atoms with Crippen LogP contribution in [0.2, 0.25) is 0 Å². The number of thiophene rings is 1. The fraction of sp³-hybridized carbons (Fsp3) is 0.286. The van der Waals surface area contributed by atoms with E-state index in [9.17, 15) is 5.11 Å². The lowest BCUT2D eigenvalue weighted by Gasteiger charge is -2.10. The smallest absolute Gasteiger partial charge is 0.119 e. The molecule has 17 heavy (non-hydrogen) atoms. The van der Waals surface area contributed by atoms with Crippen molar-refractivity contribution in [2.24, 2.45) is 0 Å². The van der Waals surface area contributed by atoms with E-state index in [1.54, 1.807) is 11.3 Å². The molecule has 0 aliphatic rings. The van der Waals surface area contributed by atoms with E-state index in [4.69, 9.17) is 4.74 Å². The largest absolute Gasteiger partial charge is 0.494 e. The van der Waals surface area contributed by atoms with Gasteiger partial charge in [0.05, 0.1) is 6.61 Å². The summed E-state index contributed by atoms with van der Waals surface area (Å²) < 4.78 is 5.37. The van der Waals surface area contributed by atoms with E-state index in [0.717, 1.165) is 16.9 Å². The lowest BCUT2D eigenvalue weighted by Crippen LogP contribution is -1.98. The van der Waals surface area contributed by atoms with E-state index in [0.29, 0.717) is 6.61 Å². The molecule has 0 radical (unpaired) electrons. The molecule has 90 valence electrons. The molecule has 2 aromatic rings. The van der Waals surface area contributed by atoms with Gasteiger partial charge in [-0.2, -0.15) is 0 Å². The van der Waals surface area contributed by atoms with Crippen LogP contribution in [0.15, 0.2) is 35.7 Å². The summed E-state index contributed by atoms with van der Waals surface area (Å²) in [7, 11) is 0. The van der Waals surface area contributed by atoms with Gasteiger partial charge in [0.1, 0.15) is 11.9 Å². The van der Waals surface area contributed by atoms with Gasteiger partial charge in [-0.3, -0.25) is 0 Å². The molecule has 1 heterocycles. The topological polar surface area (TPSA) is 29.5 Å². The van der Waals surface area contributed by atoms with Crippen LogP contribution in [0.3, 0.4) is 0 Å². The highest BCUT2D eigenvalue weighted by Gasteiger charge is 2.11. The Morgan fingerprint density at radius 1 is 1.24 bits per heavy atom. The maximum absolute atomic E-state index is 10.2. The predicted octanol–water partition coefficient (Wildman–Crippen LogP) is 3.54. The van der Waals surface area contributed by atoms with E-state index < -0.39 is 6.10 Å². The first-order valence-corrected chi connectivity index (χ1v) is 6.54. The number of benzene rings is 1. The minimum absolute atomic E-state index is 0.546. The van der Waals surface area contributed by atoms with Gasteiger partial charge in [-0.05, 0) is 48.6 Å². The molecular formula is C14H16O2S. The van der Waals surface area contributed by atoms with Crippen LogP contribution >= 0.6 is 11.3 Å². The van der Waals surface area contributed by atoms with Crippen LogP contribution in [0, 0.1) is 6.92 Å². The minimum Gasteiger partial charge on any atom is -0.494 e. The number of rotatable bonds is 4. The first-order chi connectivity index (χ1) is 8.20. The summed E-state index contributed by atoms with van der Waals surface area (Å²) in [5.74, 6) is 0.838. The van der Waals surface area contributed by atoms with Crippen molar-refractivity contribution in [2.45, 2.75) is 20.0 Å². The molecule has 0 saturated carbocycles. The molecular weight excluding hydrogens is 232 g/mol. The van der Waals surface area contributed by atoms with Crippen LogP contribution in [-0.2, 0) is 0 Å². The van der Waals surface area contributed by atoms with E-state index in [1.165, 1.54) is 4.88 Å². The number of aliphatic hydroxyl groups is 1. The average molecular weight is 248 g/mol. The van der Waals surface area contributed by atoms with Crippen LogP contribution in [0.4, 0.5) is 0 Å². The molecule has 3 heteroatoms. The van der Waals surface area contributed by atoms with E-state index in [1.807, 2.05) is 49.6 Å². The normalized spacial score (nSPS) is 12.4. The zero-order chi connectivity index (χ0) is 12.3. The lowest BCUT2D eigenvalue weighted by atomic mass is 10.0. The summed E-state index contributed by atoms with van der Waals surface area (Å²) in [6.07, 6.45) is -0.546. The third kappa shape index (κ3) is 2.87. The molecule has 0 saturated heterocycles. The van der Waals surface area contributed by atoms with Crippen LogP contribution in [-0.4, -0.2) is 11.7 Å². The van der Waals surface area contributed by atoms with Gasteiger partial charge in [-0.25, -0.2) is 0 Å². The Balaban J connectivity index is 2.16. The molecule has 0 bridgehead atoms. The number of aryl methyl sites for hydroxylation is 1. The van der Waals surface area contributed by atoms with Gasteiger partial charge >= 0.3 is 0 Å². The van der Waals surface area contributed by atoms with Gasteiger partial charge in [0, 0.05) is 4.88 Å². The second-order valence-electron chi connectivity index (χ2n) is 3.90. The summed E-state index contributed by atoms with van der Waals surface area (Å²) in [6, 6.07) is 9.61. The van der Waals surface area contributed by atoms with Gasteiger partial charge in [-0.1, -0.05) is 12.1 Å². The summed E-state index contributed by atoms with van der Waals surface area (Å²) >= 11 is 1.65. The van der Waals surface area contributed by atoms with Crippen LogP contribution in [0.1, 0.15) is 29.0 Å². The molecule has 2 rings (SSSR count). The van der Waals surface area contributed by atoms with Gasteiger partial charge in [0.2, 0.25) is 0 Å². The van der Waals surface area contributed by atoms with Gasteiger partial charge in [0.15, 0.2) is 0 Å². The Morgan fingerprint density at radius 2 is 1.94 bits per heavy atom. The Kier molecular flexibility index (Phi) is 3.82. The summed E-state index contributed by atoms with van der Waals surface area (Å²) in [4.78, 5) is 1.21. The maximum atomic E-state index is 10.2. The van der Waals surface area contributed by atoms with Crippen molar-refractivity contribution >= 4 is 11.3 Å². The first-order valence-electron chi connectivity index (χ1n) is 5.66. The Bertz CT molecular complexity index is 473. The summed E-state index contributed by atoms with van der Waals surface area (Å²) in [6.45, 7) is 4.65. The molecule has 0 fully saturated rings. The van der Waals surface area contributed by atoms with Crippen molar-refractivity contribution in [2.75, 3.05) is 6.61 Å². The maximum Gasteiger partial charge on any atom is 0.119 e. The van der Waals surface area contributed by atoms with Crippen molar-refractivity contribution in [3.63, 3.8) is 0 Å².